The van der Waals surface area contributed by atoms with Crippen LogP contribution in [0.15, 0.2) is 12.3 Å². The number of fused-ring (bicyclic) bond motifs is 1. The Balaban J connectivity index is 1.96. The molecule has 1 spiro atoms. The summed E-state index contributed by atoms with van der Waals surface area (Å²) in [4.78, 5) is 4.37. The van der Waals surface area contributed by atoms with Crippen LogP contribution in [-0.4, -0.2) is 34.5 Å². The van der Waals surface area contributed by atoms with E-state index in [2.05, 4.69) is 15.0 Å². The summed E-state index contributed by atoms with van der Waals surface area (Å²) in [5, 5.41) is 3.45. The zero-order chi connectivity index (χ0) is 16.7. The molecule has 1 aromatic rings. The van der Waals surface area contributed by atoms with Crippen LogP contribution in [0, 0.1) is 5.41 Å². The van der Waals surface area contributed by atoms with Crippen molar-refractivity contribution in [1.29, 1.82) is 0 Å². The van der Waals surface area contributed by atoms with Crippen LogP contribution < -0.4 is 14.8 Å². The molecule has 128 valence electrons. The van der Waals surface area contributed by atoms with Crippen LogP contribution in [0.4, 0.5) is 0 Å². The van der Waals surface area contributed by atoms with E-state index in [1.165, 1.54) is 11.1 Å². The molecule has 0 bridgehead atoms. The highest BCUT2D eigenvalue weighted by molar-refractivity contribution is 7.90. The second-order valence-corrected chi connectivity index (χ2v) is 9.64. The molecule has 2 heterocycles. The normalized spacial score (nSPS) is 24.5. The smallest absolute Gasteiger partial charge is 0.213 e. The number of ether oxygens (including phenoxy) is 1. The lowest BCUT2D eigenvalue weighted by Crippen LogP contribution is -2.48. The summed E-state index contributed by atoms with van der Waals surface area (Å²) >= 11 is -1.10. The first-order chi connectivity index (χ1) is 10.9. The van der Waals surface area contributed by atoms with Crippen LogP contribution in [0.2, 0.25) is 0 Å². The standard InChI is InChI=1S/C17H27N3O2S/c1-16(2,3)23(21)20-15-13-9-14(22-4)19-11-12(13)10-17(15)5-7-18-8-6-17/h9,11,15,18,20H,5-8,10H2,1-4H3/t15-,23-/m1/s1. The Morgan fingerprint density at radius 2 is 2.09 bits per heavy atom. The van der Waals surface area contributed by atoms with Gasteiger partial charge in [-0.15, -0.1) is 4.72 Å². The number of piperidine rings is 1. The SMILES string of the molecule is COc1cc2c(cn1)CC1(CCNCC1)[C@@H]2N[S@+]([O-])C(C)(C)C. The van der Waals surface area contributed by atoms with Gasteiger partial charge in [-0.3, -0.25) is 0 Å². The summed E-state index contributed by atoms with van der Waals surface area (Å²) in [6.45, 7) is 8.05. The van der Waals surface area contributed by atoms with E-state index in [1.807, 2.05) is 33.0 Å². The minimum absolute atomic E-state index is 0.0940. The lowest BCUT2D eigenvalue weighted by atomic mass is 9.73. The third kappa shape index (κ3) is 3.22. The number of hydrogen-bond donors (Lipinski definition) is 2. The molecule has 23 heavy (non-hydrogen) atoms. The van der Waals surface area contributed by atoms with Gasteiger partial charge in [0.05, 0.1) is 13.2 Å². The van der Waals surface area contributed by atoms with Crippen molar-refractivity contribution >= 4 is 11.4 Å². The molecule has 1 saturated heterocycles. The molecule has 3 rings (SSSR count). The number of rotatable bonds is 3. The van der Waals surface area contributed by atoms with Crippen molar-refractivity contribution in [3.63, 3.8) is 0 Å². The fraction of sp³-hybridized carbons (Fsp3) is 0.706. The summed E-state index contributed by atoms with van der Waals surface area (Å²) < 4.78 is 21.2. The van der Waals surface area contributed by atoms with Gasteiger partial charge in [-0.2, -0.15) is 0 Å². The van der Waals surface area contributed by atoms with Crippen molar-refractivity contribution in [2.24, 2.45) is 5.41 Å². The minimum atomic E-state index is -1.10. The maximum Gasteiger partial charge on any atom is 0.213 e. The molecule has 0 radical (unpaired) electrons. The molecule has 1 aliphatic carbocycles. The van der Waals surface area contributed by atoms with E-state index in [-0.39, 0.29) is 16.2 Å². The topological polar surface area (TPSA) is 69.2 Å². The summed E-state index contributed by atoms with van der Waals surface area (Å²) in [6.07, 6.45) is 5.10. The van der Waals surface area contributed by atoms with Crippen molar-refractivity contribution in [3.8, 4) is 5.88 Å². The molecule has 0 saturated carbocycles. The van der Waals surface area contributed by atoms with Gasteiger partial charge in [-0.1, -0.05) is 0 Å². The first-order valence-corrected chi connectivity index (χ1v) is 9.42. The van der Waals surface area contributed by atoms with E-state index >= 15 is 0 Å². The summed E-state index contributed by atoms with van der Waals surface area (Å²) in [5.41, 5.74) is 2.59. The summed E-state index contributed by atoms with van der Waals surface area (Å²) in [7, 11) is 1.64. The Bertz CT molecular complexity index is 567. The van der Waals surface area contributed by atoms with Crippen LogP contribution in [-0.2, 0) is 17.8 Å². The molecule has 2 N–H and O–H groups in total. The quantitative estimate of drug-likeness (QED) is 0.827. The molecular formula is C17H27N3O2S. The summed E-state index contributed by atoms with van der Waals surface area (Å²) in [6, 6.07) is 2.11. The zero-order valence-electron chi connectivity index (χ0n) is 14.4. The monoisotopic (exact) mass is 337 g/mol. The second kappa shape index (κ2) is 6.24. The maximum atomic E-state index is 12.7. The average molecular weight is 337 g/mol. The molecule has 2 atom stereocenters. The fourth-order valence-corrected chi connectivity index (χ4v) is 4.63. The van der Waals surface area contributed by atoms with E-state index in [0.717, 1.165) is 32.4 Å². The van der Waals surface area contributed by atoms with Gasteiger partial charge in [0.15, 0.2) is 0 Å². The van der Waals surface area contributed by atoms with Crippen molar-refractivity contribution < 1.29 is 9.29 Å². The van der Waals surface area contributed by atoms with Gasteiger partial charge >= 0.3 is 0 Å². The Kier molecular flexibility index (Phi) is 4.62. The number of pyridine rings is 1. The number of nitrogens with zero attached hydrogens (tertiary/aromatic N) is 1. The van der Waals surface area contributed by atoms with E-state index in [4.69, 9.17) is 4.74 Å². The molecule has 0 amide bonds. The maximum absolute atomic E-state index is 12.7. The highest BCUT2D eigenvalue weighted by atomic mass is 32.2. The predicted molar refractivity (Wildman–Crippen MR) is 92.8 cm³/mol. The Labute approximate surface area is 141 Å². The van der Waals surface area contributed by atoms with Crippen LogP contribution in [0.25, 0.3) is 0 Å². The molecule has 0 unspecified atom stereocenters. The van der Waals surface area contributed by atoms with Crippen LogP contribution in [0.5, 0.6) is 5.88 Å². The van der Waals surface area contributed by atoms with E-state index in [1.54, 1.807) is 7.11 Å². The van der Waals surface area contributed by atoms with Gasteiger partial charge in [-0.25, -0.2) is 4.98 Å². The zero-order valence-corrected chi connectivity index (χ0v) is 15.3. The number of nitrogens with one attached hydrogen (secondary N) is 2. The predicted octanol–water partition coefficient (Wildman–Crippen LogP) is 2.11. The third-order valence-electron chi connectivity index (χ3n) is 5.05. The van der Waals surface area contributed by atoms with Gasteiger partial charge in [-0.05, 0) is 64.3 Å². The summed E-state index contributed by atoms with van der Waals surface area (Å²) in [5.74, 6) is 0.628. The van der Waals surface area contributed by atoms with Gasteiger partial charge in [0.2, 0.25) is 5.88 Å². The Morgan fingerprint density at radius 1 is 1.39 bits per heavy atom. The van der Waals surface area contributed by atoms with Gasteiger partial charge in [0.1, 0.15) is 4.75 Å². The molecule has 6 heteroatoms. The van der Waals surface area contributed by atoms with Crippen molar-refractivity contribution in [3.05, 3.63) is 23.4 Å². The largest absolute Gasteiger partial charge is 0.598 e. The van der Waals surface area contributed by atoms with Crippen LogP contribution in [0.3, 0.4) is 0 Å². The Morgan fingerprint density at radius 3 is 2.70 bits per heavy atom. The Hall–Kier alpha value is -0.820. The molecule has 1 aromatic heterocycles. The third-order valence-corrected chi connectivity index (χ3v) is 6.61. The molecule has 0 aromatic carbocycles. The van der Waals surface area contributed by atoms with Crippen LogP contribution >= 0.6 is 0 Å². The molecule has 1 fully saturated rings. The van der Waals surface area contributed by atoms with Crippen molar-refractivity contribution in [2.45, 2.75) is 50.8 Å². The molecule has 1 aliphatic heterocycles. The van der Waals surface area contributed by atoms with Crippen molar-refractivity contribution in [1.82, 2.24) is 15.0 Å². The van der Waals surface area contributed by atoms with E-state index in [0.29, 0.717) is 5.88 Å². The lowest BCUT2D eigenvalue weighted by Gasteiger charge is -2.40. The van der Waals surface area contributed by atoms with E-state index in [9.17, 15) is 4.55 Å². The average Bonchev–Trinajstić information content (AvgIpc) is 2.79. The highest BCUT2D eigenvalue weighted by Crippen LogP contribution is 2.52. The molecule has 5 nitrogen and oxygen atoms in total. The van der Waals surface area contributed by atoms with Gasteiger partial charge in [0.25, 0.3) is 0 Å². The highest BCUT2D eigenvalue weighted by Gasteiger charge is 2.49. The first kappa shape index (κ1) is 17.0. The number of methoxy groups -OCH3 is 1. The number of hydrogen-bond acceptors (Lipinski definition) is 5. The first-order valence-electron chi connectivity index (χ1n) is 8.27. The number of aromatic nitrogens is 1. The minimum Gasteiger partial charge on any atom is -0.598 e. The van der Waals surface area contributed by atoms with Gasteiger partial charge < -0.3 is 14.6 Å². The fourth-order valence-electron chi connectivity index (χ4n) is 3.68. The lowest BCUT2D eigenvalue weighted by molar-refractivity contribution is 0.163. The second-order valence-electron chi connectivity index (χ2n) is 7.65. The molecule has 2 aliphatic rings. The van der Waals surface area contributed by atoms with E-state index < -0.39 is 11.4 Å². The van der Waals surface area contributed by atoms with Crippen molar-refractivity contribution in [2.75, 3.05) is 20.2 Å². The van der Waals surface area contributed by atoms with Gasteiger partial charge in [0, 0.05) is 29.0 Å². The van der Waals surface area contributed by atoms with Crippen LogP contribution in [0.1, 0.15) is 50.8 Å². The molecular weight excluding hydrogens is 310 g/mol.